The van der Waals surface area contributed by atoms with E-state index in [-0.39, 0.29) is 36.6 Å². The summed E-state index contributed by atoms with van der Waals surface area (Å²) in [4.78, 5) is 0. The van der Waals surface area contributed by atoms with Gasteiger partial charge >= 0.3 is 0 Å². The Hall–Kier alpha value is -0.970. The van der Waals surface area contributed by atoms with Gasteiger partial charge in [-0.3, -0.25) is 0 Å². The number of rotatable bonds is 5. The summed E-state index contributed by atoms with van der Waals surface area (Å²) >= 11 is 0. The van der Waals surface area contributed by atoms with Crippen molar-refractivity contribution in [3.05, 3.63) is 24.3 Å². The van der Waals surface area contributed by atoms with Gasteiger partial charge in [0.1, 0.15) is 12.7 Å². The van der Waals surface area contributed by atoms with Crippen molar-refractivity contribution in [1.29, 1.82) is 0 Å². The zero-order chi connectivity index (χ0) is 16.2. The Morgan fingerprint density at radius 2 is 2.22 bits per heavy atom. The van der Waals surface area contributed by atoms with Gasteiger partial charge in [0.05, 0.1) is 15.9 Å². The maximum absolute atomic E-state index is 7.53. The van der Waals surface area contributed by atoms with Crippen LogP contribution in [0.25, 0.3) is 0 Å². The van der Waals surface area contributed by atoms with Gasteiger partial charge in [-0.15, -0.1) is 12.4 Å². The summed E-state index contributed by atoms with van der Waals surface area (Å²) in [5, 5.41) is 3.17. The van der Waals surface area contributed by atoms with Crippen molar-refractivity contribution in [3.63, 3.8) is 0 Å². The molecular weight excluding hydrogens is 254 g/mol. The molecule has 1 atom stereocenters. The lowest BCUT2D eigenvalue weighted by Gasteiger charge is -2.24. The Labute approximate surface area is 121 Å². The van der Waals surface area contributed by atoms with Crippen LogP contribution in [0.2, 0.25) is 0 Å². The predicted octanol–water partition coefficient (Wildman–Crippen LogP) is 1.87. The molecule has 0 bridgehead atoms. The van der Waals surface area contributed by atoms with Gasteiger partial charge in [-0.25, -0.2) is 0 Å². The smallest absolute Gasteiger partial charge is 0.161 e. The zero-order valence-electron chi connectivity index (χ0n) is 14.8. The highest BCUT2D eigenvalue weighted by Gasteiger charge is 2.14. The first-order chi connectivity index (χ1) is 10.3. The molecule has 1 unspecified atom stereocenters. The number of para-hydroxylation sites is 2. The molecule has 1 aliphatic heterocycles. The third-order valence-electron chi connectivity index (χ3n) is 2.44. The molecule has 18 heavy (non-hydrogen) atoms. The number of ether oxygens (including phenoxy) is 3. The molecule has 4 nitrogen and oxygen atoms in total. The molecular formula is C13H20ClNO3. The fraction of sp³-hybridized carbons (Fsp3) is 0.538. The molecule has 1 aliphatic rings. The van der Waals surface area contributed by atoms with Gasteiger partial charge in [-0.1, -0.05) is 12.1 Å². The maximum Gasteiger partial charge on any atom is 0.161 e. The SMILES string of the molecule is Cl.[2H]C([2H])([2H])C([2H])([2H])Oc1ccccc1OCC1CNCCO1. The summed E-state index contributed by atoms with van der Waals surface area (Å²) in [5.74, 6) is 0.331. The van der Waals surface area contributed by atoms with Gasteiger partial charge in [-0.05, 0) is 19.0 Å². The number of halogens is 1. The van der Waals surface area contributed by atoms with E-state index in [1.165, 1.54) is 6.07 Å². The summed E-state index contributed by atoms with van der Waals surface area (Å²) in [7, 11) is 0. The van der Waals surface area contributed by atoms with Crippen molar-refractivity contribution in [2.24, 2.45) is 0 Å². The number of hydrogen-bond acceptors (Lipinski definition) is 4. The molecule has 1 N–H and O–H groups in total. The summed E-state index contributed by atoms with van der Waals surface area (Å²) < 4.78 is 52.7. The molecule has 0 amide bonds. The van der Waals surface area contributed by atoms with E-state index in [1.54, 1.807) is 18.2 Å². The van der Waals surface area contributed by atoms with Gasteiger partial charge in [0, 0.05) is 17.2 Å². The second kappa shape index (κ2) is 8.19. The van der Waals surface area contributed by atoms with E-state index >= 15 is 0 Å². The topological polar surface area (TPSA) is 39.7 Å². The Balaban J connectivity index is 0.00000264. The lowest BCUT2D eigenvalue weighted by molar-refractivity contribution is -0.000350. The standard InChI is InChI=1S/C13H19NO3.ClH/c1-2-15-12-5-3-4-6-13(12)17-10-11-9-14-7-8-16-11;/h3-6,11,14H,2,7-10H2,1H3;1H/i1D3,2D2;. The molecule has 102 valence electrons. The van der Waals surface area contributed by atoms with E-state index in [0.29, 0.717) is 13.2 Å². The van der Waals surface area contributed by atoms with Crippen molar-refractivity contribution in [3.8, 4) is 11.5 Å². The van der Waals surface area contributed by atoms with Crippen LogP contribution in [0.4, 0.5) is 0 Å². The van der Waals surface area contributed by atoms with Gasteiger partial charge in [0.15, 0.2) is 11.5 Å². The van der Waals surface area contributed by atoms with Crippen LogP contribution in [-0.2, 0) is 4.74 Å². The average molecular weight is 279 g/mol. The fourth-order valence-electron chi connectivity index (χ4n) is 1.62. The van der Waals surface area contributed by atoms with Gasteiger partial charge in [0.25, 0.3) is 0 Å². The summed E-state index contributed by atoms with van der Waals surface area (Å²) in [6.45, 7) is -3.35. The maximum atomic E-state index is 7.53. The average Bonchev–Trinajstić information content (AvgIpc) is 2.46. The highest BCUT2D eigenvalue weighted by molar-refractivity contribution is 5.85. The summed E-state index contributed by atoms with van der Waals surface area (Å²) in [5.41, 5.74) is 0. The molecule has 1 saturated heterocycles. The van der Waals surface area contributed by atoms with Crippen LogP contribution in [0.1, 0.15) is 13.7 Å². The van der Waals surface area contributed by atoms with Crippen molar-refractivity contribution < 1.29 is 21.1 Å². The van der Waals surface area contributed by atoms with Crippen molar-refractivity contribution in [2.75, 3.05) is 32.9 Å². The van der Waals surface area contributed by atoms with Gasteiger partial charge in [0.2, 0.25) is 0 Å². The molecule has 1 fully saturated rings. The van der Waals surface area contributed by atoms with Crippen molar-refractivity contribution >= 4 is 12.4 Å². The molecule has 0 saturated carbocycles. The first-order valence-corrected chi connectivity index (χ1v) is 5.53. The molecule has 0 spiro atoms. The Bertz CT molecular complexity index is 495. The molecule has 2 rings (SSSR count). The minimum atomic E-state index is -2.89. The lowest BCUT2D eigenvalue weighted by atomic mass is 10.3. The Morgan fingerprint density at radius 1 is 1.44 bits per heavy atom. The van der Waals surface area contributed by atoms with Crippen molar-refractivity contribution in [2.45, 2.75) is 13.0 Å². The van der Waals surface area contributed by atoms with E-state index in [4.69, 9.17) is 21.1 Å². The molecule has 1 aromatic carbocycles. The van der Waals surface area contributed by atoms with E-state index in [2.05, 4.69) is 5.32 Å². The fourth-order valence-corrected chi connectivity index (χ4v) is 1.62. The van der Waals surface area contributed by atoms with Crippen LogP contribution in [0.3, 0.4) is 0 Å². The minimum Gasteiger partial charge on any atom is -0.490 e. The Morgan fingerprint density at radius 3 is 2.89 bits per heavy atom. The molecule has 0 aromatic heterocycles. The highest BCUT2D eigenvalue weighted by Crippen LogP contribution is 2.26. The quantitative estimate of drug-likeness (QED) is 0.893. The lowest BCUT2D eigenvalue weighted by Crippen LogP contribution is -2.41. The number of morpholine rings is 1. The summed E-state index contributed by atoms with van der Waals surface area (Å²) in [6, 6.07) is 6.39. The Kier molecular flexibility index (Phi) is 4.10. The van der Waals surface area contributed by atoms with E-state index in [1.807, 2.05) is 0 Å². The minimum absolute atomic E-state index is 0. The van der Waals surface area contributed by atoms with Crippen LogP contribution in [0.15, 0.2) is 24.3 Å². The third-order valence-corrected chi connectivity index (χ3v) is 2.44. The van der Waals surface area contributed by atoms with E-state index < -0.39 is 13.4 Å². The highest BCUT2D eigenvalue weighted by atomic mass is 35.5. The van der Waals surface area contributed by atoms with E-state index in [9.17, 15) is 0 Å². The first-order valence-electron chi connectivity index (χ1n) is 8.03. The van der Waals surface area contributed by atoms with Gasteiger partial charge < -0.3 is 19.5 Å². The largest absolute Gasteiger partial charge is 0.490 e. The number of benzene rings is 1. The second-order valence-electron chi connectivity index (χ2n) is 3.66. The van der Waals surface area contributed by atoms with Crippen LogP contribution >= 0.6 is 12.4 Å². The number of hydrogen-bond donors (Lipinski definition) is 1. The molecule has 0 aliphatic carbocycles. The molecule has 1 aromatic rings. The number of nitrogens with one attached hydrogen (secondary N) is 1. The second-order valence-corrected chi connectivity index (χ2v) is 3.66. The molecule has 0 radical (unpaired) electrons. The molecule has 5 heteroatoms. The zero-order valence-corrected chi connectivity index (χ0v) is 10.7. The molecule has 1 heterocycles. The monoisotopic (exact) mass is 278 g/mol. The van der Waals surface area contributed by atoms with E-state index in [0.717, 1.165) is 6.54 Å². The van der Waals surface area contributed by atoms with Crippen LogP contribution in [0, 0.1) is 0 Å². The van der Waals surface area contributed by atoms with Crippen LogP contribution < -0.4 is 14.8 Å². The predicted molar refractivity (Wildman–Crippen MR) is 73.0 cm³/mol. The van der Waals surface area contributed by atoms with Crippen LogP contribution in [-0.4, -0.2) is 39.0 Å². The normalized spacial score (nSPS) is 24.4. The first kappa shape index (κ1) is 9.02. The third kappa shape index (κ3) is 4.37. The summed E-state index contributed by atoms with van der Waals surface area (Å²) in [6.07, 6.45) is -0.110. The van der Waals surface area contributed by atoms with Crippen molar-refractivity contribution in [1.82, 2.24) is 5.32 Å². The van der Waals surface area contributed by atoms with Gasteiger partial charge in [-0.2, -0.15) is 0 Å². The van der Waals surface area contributed by atoms with Crippen LogP contribution in [0.5, 0.6) is 11.5 Å².